The Morgan fingerprint density at radius 3 is 1.49 bits per heavy atom. The summed E-state index contributed by atoms with van der Waals surface area (Å²) in [6, 6.07) is 15.5. The van der Waals surface area contributed by atoms with Gasteiger partial charge in [-0.15, -0.1) is 0 Å². The van der Waals surface area contributed by atoms with Gasteiger partial charge in [0.1, 0.15) is 0 Å². The Morgan fingerprint density at radius 2 is 1.09 bits per heavy atom. The molecule has 184 valence electrons. The van der Waals surface area contributed by atoms with Gasteiger partial charge < -0.3 is 18.9 Å². The van der Waals surface area contributed by atoms with Gasteiger partial charge in [-0.1, -0.05) is 18.2 Å². The molecule has 0 aliphatic carbocycles. The van der Waals surface area contributed by atoms with Gasteiger partial charge in [0.15, 0.2) is 0 Å². The van der Waals surface area contributed by atoms with Gasteiger partial charge in [0.25, 0.3) is 0 Å². The average Bonchev–Trinajstić information content (AvgIpc) is 3.39. The van der Waals surface area contributed by atoms with Gasteiger partial charge in [0.2, 0.25) is 0 Å². The number of aromatic nitrogens is 7. The van der Waals surface area contributed by atoms with E-state index >= 15 is 0 Å². The van der Waals surface area contributed by atoms with Gasteiger partial charge in [0.05, 0.1) is 22.6 Å². The number of pyridine rings is 1. The summed E-state index contributed by atoms with van der Waals surface area (Å²) < 4.78 is 6.19. The molecule has 0 unspecified atom stereocenters. The van der Waals surface area contributed by atoms with E-state index in [9.17, 15) is 5.11 Å². The van der Waals surface area contributed by atoms with E-state index in [2.05, 4.69) is 57.7 Å². The van der Waals surface area contributed by atoms with Crippen molar-refractivity contribution in [3.63, 3.8) is 0 Å². The molecule has 5 rings (SSSR count). The summed E-state index contributed by atoms with van der Waals surface area (Å²) in [5.74, 6) is -0.161. The molecule has 0 fully saturated rings. The van der Waals surface area contributed by atoms with Crippen molar-refractivity contribution >= 4 is 18.0 Å². The summed E-state index contributed by atoms with van der Waals surface area (Å²) in [6.45, 7) is 14.2. The molecule has 4 aromatic heterocycles. The van der Waals surface area contributed by atoms with E-state index in [4.69, 9.17) is 15.3 Å². The molecule has 0 aliphatic heterocycles. The van der Waals surface area contributed by atoms with Crippen LogP contribution in [0.25, 0.3) is 10.9 Å². The fraction of sp³-hybridized carbons (Fsp3) is 0.280. The second-order valence-corrected chi connectivity index (χ2v) is 9.00. The molecular weight excluding hydrogens is 484 g/mol. The molecule has 0 amide bonds. The van der Waals surface area contributed by atoms with Crippen LogP contribution in [0.2, 0.25) is 0 Å². The molecular formula is C25H30BN7NiO. The molecule has 35 heavy (non-hydrogen) atoms. The number of aryl methyl sites for hydroxylation is 7. The normalized spacial score (nSPS) is 10.9. The van der Waals surface area contributed by atoms with Crippen molar-refractivity contribution in [2.75, 3.05) is 0 Å². The van der Waals surface area contributed by atoms with Gasteiger partial charge in [-0.25, -0.2) is 15.3 Å². The van der Waals surface area contributed by atoms with Crippen LogP contribution >= 0.6 is 0 Å². The third-order valence-corrected chi connectivity index (χ3v) is 6.01. The zero-order valence-corrected chi connectivity index (χ0v) is 22.2. The molecule has 0 aliphatic rings. The summed E-state index contributed by atoms with van der Waals surface area (Å²) in [7, 11) is -1.26. The number of nitrogens with zero attached hydrogens (tertiary/aromatic N) is 7. The van der Waals surface area contributed by atoms with Crippen LogP contribution in [0.15, 0.2) is 48.5 Å². The monoisotopic (exact) mass is 513 g/mol. The van der Waals surface area contributed by atoms with Gasteiger partial charge >= 0.3 is 23.6 Å². The Balaban J connectivity index is 0.000000223. The molecule has 0 saturated carbocycles. The largest absolute Gasteiger partial charge is 2.00 e. The van der Waals surface area contributed by atoms with Crippen molar-refractivity contribution in [3.8, 4) is 5.88 Å². The summed E-state index contributed by atoms with van der Waals surface area (Å²) in [4.78, 5) is 3.88. The van der Waals surface area contributed by atoms with Crippen LogP contribution in [0.3, 0.4) is 0 Å². The second-order valence-electron chi connectivity index (χ2n) is 9.00. The Morgan fingerprint density at radius 1 is 0.657 bits per heavy atom. The number of benzene rings is 1. The molecule has 0 spiro atoms. The Bertz CT molecular complexity index is 1360. The van der Waals surface area contributed by atoms with Gasteiger partial charge in [-0.3, -0.25) is 4.98 Å². The first kappa shape index (κ1) is 26.2. The number of hydrogen-bond donors (Lipinski definition) is 0. The smallest absolute Gasteiger partial charge is 0.859 e. The van der Waals surface area contributed by atoms with Crippen LogP contribution in [0, 0.1) is 48.5 Å². The Kier molecular flexibility index (Phi) is 7.86. The van der Waals surface area contributed by atoms with Crippen LogP contribution in [-0.2, 0) is 16.5 Å². The zero-order chi connectivity index (χ0) is 24.6. The van der Waals surface area contributed by atoms with Crippen LogP contribution < -0.4 is 5.11 Å². The first-order chi connectivity index (χ1) is 16.1. The second kappa shape index (κ2) is 10.5. The molecule has 0 atom stereocenters. The minimum atomic E-state index is -1.26. The van der Waals surface area contributed by atoms with E-state index in [1.54, 1.807) is 6.07 Å². The quantitative estimate of drug-likeness (QED) is 0.345. The molecule has 8 nitrogen and oxygen atoms in total. The molecule has 4 heterocycles. The summed E-state index contributed by atoms with van der Waals surface area (Å²) in [5, 5.41) is 26.1. The van der Waals surface area contributed by atoms with Crippen molar-refractivity contribution in [1.29, 1.82) is 0 Å². The summed E-state index contributed by atoms with van der Waals surface area (Å²) in [5.41, 5.74) is 8.18. The van der Waals surface area contributed by atoms with Crippen LogP contribution in [0.1, 0.15) is 39.7 Å². The maximum Gasteiger partial charge on any atom is 2.00 e. The van der Waals surface area contributed by atoms with Crippen molar-refractivity contribution in [1.82, 2.24) is 34.1 Å². The summed E-state index contributed by atoms with van der Waals surface area (Å²) >= 11 is 0. The van der Waals surface area contributed by atoms with Crippen molar-refractivity contribution in [3.05, 3.63) is 88.3 Å². The van der Waals surface area contributed by atoms with E-state index < -0.39 is 7.12 Å². The number of fused-ring (bicyclic) bond motifs is 1. The maximum atomic E-state index is 11.0. The maximum absolute atomic E-state index is 11.0. The van der Waals surface area contributed by atoms with Crippen molar-refractivity contribution < 1.29 is 21.6 Å². The van der Waals surface area contributed by atoms with Gasteiger partial charge in [0, 0.05) is 5.39 Å². The van der Waals surface area contributed by atoms with E-state index in [1.165, 1.54) is 0 Å². The average molecular weight is 514 g/mol. The minimum absolute atomic E-state index is 0. The van der Waals surface area contributed by atoms with E-state index in [-0.39, 0.29) is 22.4 Å². The number of hydrogen-bond acceptors (Lipinski definition) is 5. The van der Waals surface area contributed by atoms with Gasteiger partial charge in [-0.05, 0) is 107 Å². The standard InChI is InChI=1S/C15H22BN6.C10H9NO.Ni/c1-10-7-13(4)20(17-10)16(21-14(5)8-11(2)18-21)22-15(6)9-12(3)19-22;1-7-6-10(12)11-9-5-3-2-4-8(7)9;/h7-9,16H,1-6H3;2-6H,1H3,(H,11,12);/q-1;;+2/p-1. The topological polar surface area (TPSA) is 89.4 Å². The first-order valence-corrected chi connectivity index (χ1v) is 11.4. The first-order valence-electron chi connectivity index (χ1n) is 11.4. The summed E-state index contributed by atoms with van der Waals surface area (Å²) in [6.07, 6.45) is 0. The number of para-hydroxylation sites is 1. The zero-order valence-electron chi connectivity index (χ0n) is 21.2. The van der Waals surface area contributed by atoms with Crippen molar-refractivity contribution in [2.45, 2.75) is 48.5 Å². The molecule has 0 bridgehead atoms. The fourth-order valence-corrected chi connectivity index (χ4v) is 4.58. The van der Waals surface area contributed by atoms with Crippen LogP contribution in [0.5, 0.6) is 5.88 Å². The van der Waals surface area contributed by atoms with Crippen LogP contribution in [-0.4, -0.2) is 41.2 Å². The van der Waals surface area contributed by atoms with E-state index in [1.807, 2.05) is 52.0 Å². The molecule has 1 aromatic carbocycles. The third-order valence-electron chi connectivity index (χ3n) is 6.01. The molecule has 10 heteroatoms. The minimum Gasteiger partial charge on any atom is -0.859 e. The molecule has 0 N–H and O–H groups in total. The molecule has 0 saturated heterocycles. The van der Waals surface area contributed by atoms with Gasteiger partial charge in [-0.2, -0.15) is 0 Å². The Hall–Kier alpha value is -3.38. The van der Waals surface area contributed by atoms with E-state index in [0.717, 1.165) is 50.6 Å². The predicted octanol–water partition coefficient (Wildman–Crippen LogP) is 3.40. The third kappa shape index (κ3) is 5.48. The number of rotatable bonds is 3. The fourth-order valence-electron chi connectivity index (χ4n) is 4.58. The van der Waals surface area contributed by atoms with Crippen molar-refractivity contribution in [2.24, 2.45) is 0 Å². The Labute approximate surface area is 216 Å². The van der Waals surface area contributed by atoms with E-state index in [0.29, 0.717) is 0 Å². The molecule has 5 aromatic rings. The SMILES string of the molecule is Cc1cc(C)n([BH-](n2nc(C)cc2C)n2nc(C)cc2C)n1.Cc1cc([O-])nc2ccccc12.[Ni+2]. The van der Waals surface area contributed by atoms with Crippen LogP contribution in [0.4, 0.5) is 0 Å². The molecule has 0 radical (unpaired) electrons. The predicted molar refractivity (Wildman–Crippen MR) is 134 cm³/mol.